The lowest BCUT2D eigenvalue weighted by Crippen LogP contribution is -1.96. The third kappa shape index (κ3) is 1.20. The minimum Gasteiger partial charge on any atom is -0.331 e. The smallest absolute Gasteiger partial charge is 0.187 e. The maximum atomic E-state index is 6.06. The second-order valence-electron chi connectivity index (χ2n) is 3.34. The van der Waals surface area contributed by atoms with Crippen LogP contribution in [0.2, 0.25) is 5.15 Å². The lowest BCUT2D eigenvalue weighted by molar-refractivity contribution is 0.904. The van der Waals surface area contributed by atoms with E-state index in [4.69, 9.17) is 11.6 Å². The highest BCUT2D eigenvalue weighted by Crippen LogP contribution is 2.20. The number of nitrogens with zero attached hydrogens (tertiary/aromatic N) is 6. The second-order valence-corrected chi connectivity index (χ2v) is 3.72. The summed E-state index contributed by atoms with van der Waals surface area (Å²) in [5.41, 5.74) is 1.46. The van der Waals surface area contributed by atoms with Gasteiger partial charge in [0, 0.05) is 7.05 Å². The summed E-state index contributed by atoms with van der Waals surface area (Å²) in [7, 11) is 1.89. The van der Waals surface area contributed by atoms with Crippen molar-refractivity contribution in [2.24, 2.45) is 7.05 Å². The van der Waals surface area contributed by atoms with E-state index in [-0.39, 0.29) is 0 Å². The molecule has 0 fully saturated rings. The van der Waals surface area contributed by atoms with E-state index in [1.54, 1.807) is 29.3 Å². The summed E-state index contributed by atoms with van der Waals surface area (Å²) in [6.45, 7) is 0. The predicted octanol–water partition coefficient (Wildman–Crippen LogP) is 1.18. The quantitative estimate of drug-likeness (QED) is 0.634. The van der Waals surface area contributed by atoms with Crippen LogP contribution in [0.15, 0.2) is 24.9 Å². The molecule has 0 saturated carbocycles. The predicted molar refractivity (Wildman–Crippen MR) is 58.0 cm³/mol. The van der Waals surface area contributed by atoms with Crippen LogP contribution in [0.5, 0.6) is 0 Å². The molecule has 0 unspecified atom stereocenters. The Balaban J connectivity index is 2.37. The van der Waals surface area contributed by atoms with E-state index in [1.165, 1.54) is 0 Å². The van der Waals surface area contributed by atoms with Gasteiger partial charge in [0.25, 0.3) is 0 Å². The summed E-state index contributed by atoms with van der Waals surface area (Å²) >= 11 is 6.06. The fourth-order valence-electron chi connectivity index (χ4n) is 1.55. The standard InChI is InChI=1S/C9H7ClN6/c1-15-5-12-2-6(15)9-14-13-8-4-11-3-7(10)16(8)9/h2-5H,1H3. The van der Waals surface area contributed by atoms with Crippen LogP contribution in [-0.2, 0) is 7.05 Å². The summed E-state index contributed by atoms with van der Waals surface area (Å²) in [6.07, 6.45) is 6.58. The normalized spacial score (nSPS) is 11.1. The minimum absolute atomic E-state index is 0.471. The second kappa shape index (κ2) is 3.28. The van der Waals surface area contributed by atoms with Gasteiger partial charge in [0.1, 0.15) is 10.8 Å². The zero-order valence-electron chi connectivity index (χ0n) is 8.37. The van der Waals surface area contributed by atoms with Crippen molar-refractivity contribution >= 4 is 17.2 Å². The van der Waals surface area contributed by atoms with Crippen molar-refractivity contribution < 1.29 is 0 Å². The summed E-state index contributed by atoms with van der Waals surface area (Å²) in [5, 5.41) is 8.56. The third-order valence-electron chi connectivity index (χ3n) is 2.32. The van der Waals surface area contributed by atoms with Crippen LogP contribution in [0.4, 0.5) is 0 Å². The molecule has 3 heterocycles. The van der Waals surface area contributed by atoms with Crippen LogP contribution in [0.25, 0.3) is 17.2 Å². The van der Waals surface area contributed by atoms with E-state index >= 15 is 0 Å². The van der Waals surface area contributed by atoms with E-state index in [9.17, 15) is 0 Å². The molecule has 6 nitrogen and oxygen atoms in total. The topological polar surface area (TPSA) is 60.9 Å². The Morgan fingerprint density at radius 3 is 2.75 bits per heavy atom. The number of hydrogen-bond acceptors (Lipinski definition) is 4. The monoisotopic (exact) mass is 234 g/mol. The summed E-state index contributed by atoms with van der Waals surface area (Å²) in [5.74, 6) is 0.655. The maximum Gasteiger partial charge on any atom is 0.187 e. The first kappa shape index (κ1) is 9.29. The molecular formula is C9H7ClN6. The van der Waals surface area contributed by atoms with Crippen molar-refractivity contribution in [1.82, 2.24) is 29.1 Å². The van der Waals surface area contributed by atoms with Crippen LogP contribution in [0.1, 0.15) is 0 Å². The molecule has 7 heteroatoms. The summed E-state index contributed by atoms with van der Waals surface area (Å²) in [4.78, 5) is 7.99. The highest BCUT2D eigenvalue weighted by Gasteiger charge is 2.13. The van der Waals surface area contributed by atoms with Crippen molar-refractivity contribution in [3.63, 3.8) is 0 Å². The molecule has 0 spiro atoms. The molecule has 16 heavy (non-hydrogen) atoms. The molecule has 0 atom stereocenters. The lowest BCUT2D eigenvalue weighted by Gasteiger charge is -2.01. The van der Waals surface area contributed by atoms with E-state index in [0.717, 1.165) is 5.69 Å². The van der Waals surface area contributed by atoms with Gasteiger partial charge in [-0.25, -0.2) is 4.98 Å². The van der Waals surface area contributed by atoms with Gasteiger partial charge in [0.15, 0.2) is 11.5 Å². The van der Waals surface area contributed by atoms with E-state index in [2.05, 4.69) is 20.2 Å². The van der Waals surface area contributed by atoms with Gasteiger partial charge < -0.3 is 4.57 Å². The van der Waals surface area contributed by atoms with Crippen LogP contribution in [-0.4, -0.2) is 29.1 Å². The first-order valence-corrected chi connectivity index (χ1v) is 4.96. The number of fused-ring (bicyclic) bond motifs is 1. The largest absolute Gasteiger partial charge is 0.331 e. The van der Waals surface area contributed by atoms with Crippen molar-refractivity contribution in [1.29, 1.82) is 0 Å². The van der Waals surface area contributed by atoms with Gasteiger partial charge in [-0.2, -0.15) is 0 Å². The number of hydrogen-bond donors (Lipinski definition) is 0. The number of rotatable bonds is 1. The fourth-order valence-corrected chi connectivity index (χ4v) is 1.78. The van der Waals surface area contributed by atoms with Gasteiger partial charge in [-0.1, -0.05) is 11.6 Å². The van der Waals surface area contributed by atoms with E-state index < -0.39 is 0 Å². The molecule has 0 bridgehead atoms. The first-order chi connectivity index (χ1) is 7.77. The SMILES string of the molecule is Cn1cncc1-c1nnc2cncc(Cl)n12. The van der Waals surface area contributed by atoms with Crippen molar-refractivity contribution in [2.75, 3.05) is 0 Å². The highest BCUT2D eigenvalue weighted by atomic mass is 35.5. The van der Waals surface area contributed by atoms with Crippen LogP contribution in [0.3, 0.4) is 0 Å². The van der Waals surface area contributed by atoms with Crippen LogP contribution < -0.4 is 0 Å². The van der Waals surface area contributed by atoms with Gasteiger partial charge in [-0.05, 0) is 0 Å². The summed E-state index contributed by atoms with van der Waals surface area (Å²) < 4.78 is 3.58. The van der Waals surface area contributed by atoms with Crippen LogP contribution >= 0.6 is 11.6 Å². The molecule has 80 valence electrons. The average Bonchev–Trinajstić information content (AvgIpc) is 2.84. The molecule has 0 aliphatic rings. The number of halogens is 1. The molecule has 0 aromatic carbocycles. The minimum atomic E-state index is 0.471. The molecule has 3 rings (SSSR count). The van der Waals surface area contributed by atoms with Crippen molar-refractivity contribution in [3.05, 3.63) is 30.1 Å². The van der Waals surface area contributed by atoms with Gasteiger partial charge in [0.2, 0.25) is 0 Å². The Bertz CT molecular complexity index is 655. The fraction of sp³-hybridized carbons (Fsp3) is 0.111. The number of aromatic nitrogens is 6. The first-order valence-electron chi connectivity index (χ1n) is 4.58. The van der Waals surface area contributed by atoms with Gasteiger partial charge in [0.05, 0.1) is 24.9 Å². The number of aryl methyl sites for hydroxylation is 1. The zero-order valence-corrected chi connectivity index (χ0v) is 9.13. The third-order valence-corrected chi connectivity index (χ3v) is 2.59. The molecule has 3 aromatic rings. The molecule has 0 radical (unpaired) electrons. The molecule has 0 amide bonds. The summed E-state index contributed by atoms with van der Waals surface area (Å²) in [6, 6.07) is 0. The molecule has 0 saturated heterocycles. The maximum absolute atomic E-state index is 6.06. The van der Waals surface area contributed by atoms with Crippen LogP contribution in [0, 0.1) is 0 Å². The molecule has 0 aliphatic carbocycles. The van der Waals surface area contributed by atoms with Gasteiger partial charge >= 0.3 is 0 Å². The Morgan fingerprint density at radius 2 is 2.00 bits per heavy atom. The van der Waals surface area contributed by atoms with Gasteiger partial charge in [-0.3, -0.25) is 9.38 Å². The molecule has 0 N–H and O–H groups in total. The average molecular weight is 235 g/mol. The van der Waals surface area contributed by atoms with E-state index in [1.807, 2.05) is 11.6 Å². The van der Waals surface area contributed by atoms with Crippen molar-refractivity contribution in [2.45, 2.75) is 0 Å². The number of imidazole rings is 1. The molecule has 3 aromatic heterocycles. The Hall–Kier alpha value is -1.95. The zero-order chi connectivity index (χ0) is 11.1. The Labute approximate surface area is 95.5 Å². The Morgan fingerprint density at radius 1 is 1.12 bits per heavy atom. The highest BCUT2D eigenvalue weighted by molar-refractivity contribution is 6.29. The molecule has 0 aliphatic heterocycles. The van der Waals surface area contributed by atoms with Crippen molar-refractivity contribution in [3.8, 4) is 11.5 Å². The Kier molecular flexibility index (Phi) is 1.90. The lowest BCUT2D eigenvalue weighted by atomic mass is 10.4. The molecular weight excluding hydrogens is 228 g/mol. The van der Waals surface area contributed by atoms with Gasteiger partial charge in [-0.15, -0.1) is 10.2 Å². The van der Waals surface area contributed by atoms with E-state index in [0.29, 0.717) is 16.6 Å².